The van der Waals surface area contributed by atoms with Crippen LogP contribution >= 0.6 is 11.6 Å². The maximum atomic E-state index is 12.6. The largest absolute Gasteiger partial charge is 0.391 e. The Morgan fingerprint density at radius 3 is 2.05 bits per heavy atom. The Morgan fingerprint density at radius 1 is 1.05 bits per heavy atom. The summed E-state index contributed by atoms with van der Waals surface area (Å²) in [6.07, 6.45) is -1.35. The average Bonchev–Trinajstić information content (AvgIpc) is 2.46. The van der Waals surface area contributed by atoms with Crippen molar-refractivity contribution in [2.75, 3.05) is 19.0 Å². The van der Waals surface area contributed by atoms with Crippen LogP contribution in [0.1, 0.15) is 38.5 Å². The van der Waals surface area contributed by atoms with Crippen LogP contribution in [0.4, 0.5) is 13.2 Å². The fraction of sp³-hybridized carbons (Fsp3) is 0.929. The highest BCUT2D eigenvalue weighted by molar-refractivity contribution is 6.18. The van der Waals surface area contributed by atoms with Crippen molar-refractivity contribution in [2.24, 2.45) is 17.8 Å². The van der Waals surface area contributed by atoms with Gasteiger partial charge >= 0.3 is 6.18 Å². The summed E-state index contributed by atoms with van der Waals surface area (Å²) in [5, 5.41) is 0. The van der Waals surface area contributed by atoms with Gasteiger partial charge in [-0.3, -0.25) is 4.79 Å². The van der Waals surface area contributed by atoms with E-state index in [9.17, 15) is 18.0 Å². The summed E-state index contributed by atoms with van der Waals surface area (Å²) >= 11 is 5.81. The standard InChI is InChI=1S/C14H21ClF3NO/c15-9-10-5-7-19(8-6-10)13(20)11-1-3-12(4-2-11)14(16,17)18/h10-12H,1-9H2. The van der Waals surface area contributed by atoms with Gasteiger partial charge in [0.2, 0.25) is 5.91 Å². The maximum absolute atomic E-state index is 12.6. The lowest BCUT2D eigenvalue weighted by Gasteiger charge is -2.36. The first kappa shape index (κ1) is 15.9. The molecule has 0 radical (unpaired) electrons. The van der Waals surface area contributed by atoms with Crippen molar-refractivity contribution in [1.82, 2.24) is 4.90 Å². The van der Waals surface area contributed by atoms with Crippen molar-refractivity contribution < 1.29 is 18.0 Å². The summed E-state index contributed by atoms with van der Waals surface area (Å²) in [5.74, 6) is -0.270. The molecule has 2 aliphatic rings. The molecule has 1 aliphatic heterocycles. The molecule has 0 spiro atoms. The maximum Gasteiger partial charge on any atom is 0.391 e. The number of halogens is 4. The summed E-state index contributed by atoms with van der Waals surface area (Å²) in [6, 6.07) is 0. The monoisotopic (exact) mass is 311 g/mol. The molecule has 0 bridgehead atoms. The van der Waals surface area contributed by atoms with Gasteiger partial charge in [-0.15, -0.1) is 11.6 Å². The van der Waals surface area contributed by atoms with Gasteiger partial charge in [-0.1, -0.05) is 0 Å². The number of amides is 1. The molecule has 0 atom stereocenters. The summed E-state index contributed by atoms with van der Waals surface area (Å²) < 4.78 is 37.8. The van der Waals surface area contributed by atoms with Crippen molar-refractivity contribution in [3.05, 3.63) is 0 Å². The molecule has 20 heavy (non-hydrogen) atoms. The smallest absolute Gasteiger partial charge is 0.342 e. The molecule has 1 heterocycles. The van der Waals surface area contributed by atoms with Gasteiger partial charge in [-0.05, 0) is 44.4 Å². The molecule has 116 valence electrons. The quantitative estimate of drug-likeness (QED) is 0.710. The van der Waals surface area contributed by atoms with E-state index in [1.54, 1.807) is 0 Å². The Labute approximate surface area is 122 Å². The van der Waals surface area contributed by atoms with E-state index in [2.05, 4.69) is 0 Å². The summed E-state index contributed by atoms with van der Waals surface area (Å²) in [5.41, 5.74) is 0. The fourth-order valence-corrected chi connectivity index (χ4v) is 3.54. The van der Waals surface area contributed by atoms with Gasteiger partial charge in [0.25, 0.3) is 0 Å². The number of piperidine rings is 1. The molecule has 6 heteroatoms. The number of hydrogen-bond donors (Lipinski definition) is 0. The third-order valence-corrected chi connectivity index (χ3v) is 5.12. The predicted octanol–water partition coefficient (Wildman–Crippen LogP) is 3.83. The molecule has 0 unspecified atom stereocenters. The van der Waals surface area contributed by atoms with Crippen LogP contribution in [-0.4, -0.2) is 36.0 Å². The first-order valence-corrected chi connectivity index (χ1v) is 7.86. The topological polar surface area (TPSA) is 20.3 Å². The van der Waals surface area contributed by atoms with E-state index in [0.29, 0.717) is 37.7 Å². The Hall–Kier alpha value is -0.450. The second kappa shape index (κ2) is 6.54. The van der Waals surface area contributed by atoms with Crippen LogP contribution in [0, 0.1) is 17.8 Å². The van der Waals surface area contributed by atoms with E-state index < -0.39 is 12.1 Å². The van der Waals surface area contributed by atoms with Crippen molar-refractivity contribution in [2.45, 2.75) is 44.7 Å². The van der Waals surface area contributed by atoms with E-state index in [1.165, 1.54) is 0 Å². The molecule has 1 saturated heterocycles. The minimum absolute atomic E-state index is 0.0543. The zero-order valence-electron chi connectivity index (χ0n) is 11.5. The summed E-state index contributed by atoms with van der Waals surface area (Å²) in [4.78, 5) is 14.1. The third-order valence-electron chi connectivity index (χ3n) is 4.68. The van der Waals surface area contributed by atoms with E-state index in [4.69, 9.17) is 11.6 Å². The Kier molecular flexibility index (Phi) is 5.21. The normalized spacial score (nSPS) is 29.5. The van der Waals surface area contributed by atoms with Crippen LogP contribution in [0.2, 0.25) is 0 Å². The SMILES string of the molecule is O=C(C1CCC(C(F)(F)F)CC1)N1CCC(CCl)CC1. The number of nitrogens with zero attached hydrogens (tertiary/aromatic N) is 1. The highest BCUT2D eigenvalue weighted by Gasteiger charge is 2.43. The van der Waals surface area contributed by atoms with Crippen molar-refractivity contribution in [3.63, 3.8) is 0 Å². The van der Waals surface area contributed by atoms with Crippen LogP contribution in [0.15, 0.2) is 0 Å². The number of carbonyl (C=O) groups is 1. The van der Waals surface area contributed by atoms with Crippen LogP contribution in [-0.2, 0) is 4.79 Å². The predicted molar refractivity (Wildman–Crippen MR) is 71.5 cm³/mol. The second-order valence-electron chi connectivity index (χ2n) is 6.01. The van der Waals surface area contributed by atoms with Gasteiger partial charge in [-0.2, -0.15) is 13.2 Å². The van der Waals surface area contributed by atoms with Gasteiger partial charge in [0.05, 0.1) is 5.92 Å². The highest BCUT2D eigenvalue weighted by Crippen LogP contribution is 2.40. The van der Waals surface area contributed by atoms with Gasteiger partial charge in [-0.25, -0.2) is 0 Å². The molecular formula is C14H21ClF3NO. The zero-order chi connectivity index (χ0) is 14.8. The molecule has 1 aliphatic carbocycles. The molecule has 0 N–H and O–H groups in total. The number of hydrogen-bond acceptors (Lipinski definition) is 1. The lowest BCUT2D eigenvalue weighted by molar-refractivity contribution is -0.185. The minimum atomic E-state index is -4.10. The van der Waals surface area contributed by atoms with Crippen molar-refractivity contribution in [3.8, 4) is 0 Å². The van der Waals surface area contributed by atoms with Gasteiger partial charge in [0.1, 0.15) is 0 Å². The molecule has 2 nitrogen and oxygen atoms in total. The minimum Gasteiger partial charge on any atom is -0.342 e. The van der Waals surface area contributed by atoms with Crippen LogP contribution in [0.5, 0.6) is 0 Å². The van der Waals surface area contributed by atoms with Crippen LogP contribution < -0.4 is 0 Å². The Bertz CT molecular complexity index is 332. The molecule has 0 aromatic rings. The Morgan fingerprint density at radius 2 is 1.60 bits per heavy atom. The number of rotatable bonds is 2. The van der Waals surface area contributed by atoms with Crippen LogP contribution in [0.3, 0.4) is 0 Å². The lowest BCUT2D eigenvalue weighted by atomic mass is 9.80. The number of alkyl halides is 4. The Balaban J connectivity index is 1.80. The summed E-state index contributed by atoms with van der Waals surface area (Å²) in [7, 11) is 0. The molecule has 0 aromatic heterocycles. The van der Waals surface area contributed by atoms with E-state index in [-0.39, 0.29) is 24.7 Å². The van der Waals surface area contributed by atoms with Gasteiger partial charge in [0, 0.05) is 24.9 Å². The average molecular weight is 312 g/mol. The van der Waals surface area contributed by atoms with E-state index in [0.717, 1.165) is 12.8 Å². The first-order valence-electron chi connectivity index (χ1n) is 7.33. The van der Waals surface area contributed by atoms with E-state index in [1.807, 2.05) is 4.90 Å². The summed E-state index contributed by atoms with van der Waals surface area (Å²) in [6.45, 7) is 1.41. The number of likely N-dealkylation sites (tertiary alicyclic amines) is 1. The van der Waals surface area contributed by atoms with Crippen molar-refractivity contribution >= 4 is 17.5 Å². The van der Waals surface area contributed by atoms with Gasteiger partial charge < -0.3 is 4.90 Å². The highest BCUT2D eigenvalue weighted by atomic mass is 35.5. The molecule has 1 amide bonds. The van der Waals surface area contributed by atoms with Crippen LogP contribution in [0.25, 0.3) is 0 Å². The molecule has 2 rings (SSSR count). The molecule has 0 aromatic carbocycles. The first-order chi connectivity index (χ1) is 9.41. The van der Waals surface area contributed by atoms with E-state index >= 15 is 0 Å². The van der Waals surface area contributed by atoms with Gasteiger partial charge in [0.15, 0.2) is 0 Å². The third kappa shape index (κ3) is 3.80. The number of carbonyl (C=O) groups excluding carboxylic acids is 1. The molecule has 2 fully saturated rings. The fourth-order valence-electron chi connectivity index (χ4n) is 3.23. The lowest BCUT2D eigenvalue weighted by Crippen LogP contribution is -2.43. The zero-order valence-corrected chi connectivity index (χ0v) is 12.2. The van der Waals surface area contributed by atoms with Crippen molar-refractivity contribution in [1.29, 1.82) is 0 Å². The second-order valence-corrected chi connectivity index (χ2v) is 6.32. The molecular weight excluding hydrogens is 291 g/mol. The molecule has 1 saturated carbocycles.